The zero-order valence-corrected chi connectivity index (χ0v) is 9.30. The van der Waals surface area contributed by atoms with Crippen LogP contribution >= 0.6 is 11.3 Å². The fourth-order valence-electron chi connectivity index (χ4n) is 1.63. The predicted molar refractivity (Wildman–Crippen MR) is 62.8 cm³/mol. The largest absolute Gasteiger partial charge is 0.477 e. The lowest BCUT2D eigenvalue weighted by atomic mass is 10.1. The number of hydrogen-bond donors (Lipinski definition) is 1. The van der Waals surface area contributed by atoms with Crippen molar-refractivity contribution in [1.29, 1.82) is 0 Å². The molecule has 1 N–H and O–H groups in total. The normalized spacial score (nSPS) is 10.7. The molecule has 0 aliphatic heterocycles. The Labute approximate surface area is 92.2 Å². The molecule has 0 radical (unpaired) electrons. The first-order chi connectivity index (χ1) is 7.20. The highest BCUT2D eigenvalue weighted by Crippen LogP contribution is 2.26. The predicted octanol–water partition coefficient (Wildman–Crippen LogP) is 3.55. The van der Waals surface area contributed by atoms with Gasteiger partial charge in [0.15, 0.2) is 0 Å². The van der Waals surface area contributed by atoms with Crippen LogP contribution in [0.5, 0.6) is 0 Å². The molecule has 2 aromatic rings. The Bertz CT molecular complexity index is 499. The summed E-state index contributed by atoms with van der Waals surface area (Å²) in [5.74, 6) is -0.840. The molecule has 78 valence electrons. The van der Waals surface area contributed by atoms with Crippen molar-refractivity contribution < 1.29 is 9.90 Å². The maximum absolute atomic E-state index is 10.8. The summed E-state index contributed by atoms with van der Waals surface area (Å²) >= 11 is 1.35. The van der Waals surface area contributed by atoms with Crippen LogP contribution in [0.15, 0.2) is 24.3 Å². The molecular weight excluding hydrogens is 208 g/mol. The summed E-state index contributed by atoms with van der Waals surface area (Å²) < 4.78 is 1.07. The number of carbonyl (C=O) groups is 1. The molecule has 1 aromatic carbocycles. The molecule has 15 heavy (non-hydrogen) atoms. The Morgan fingerprint density at radius 2 is 2.20 bits per heavy atom. The first kappa shape index (κ1) is 10.2. The van der Waals surface area contributed by atoms with Crippen LogP contribution < -0.4 is 0 Å². The Morgan fingerprint density at radius 3 is 2.87 bits per heavy atom. The first-order valence-electron chi connectivity index (χ1n) is 4.96. The van der Waals surface area contributed by atoms with Gasteiger partial charge >= 0.3 is 5.97 Å². The van der Waals surface area contributed by atoms with Gasteiger partial charge in [-0.05, 0) is 29.5 Å². The van der Waals surface area contributed by atoms with E-state index in [0.29, 0.717) is 4.88 Å². The Morgan fingerprint density at radius 1 is 1.40 bits per heavy atom. The van der Waals surface area contributed by atoms with Crippen LogP contribution in [0.4, 0.5) is 0 Å². The molecule has 0 fully saturated rings. The number of carboxylic acid groups (broad SMARTS) is 1. The third kappa shape index (κ3) is 2.02. The molecule has 2 nitrogen and oxygen atoms in total. The highest BCUT2D eigenvalue weighted by molar-refractivity contribution is 7.20. The molecule has 0 bridgehead atoms. The lowest BCUT2D eigenvalue weighted by Gasteiger charge is -1.97. The van der Waals surface area contributed by atoms with Gasteiger partial charge in [0.05, 0.1) is 0 Å². The Hall–Kier alpha value is -1.35. The summed E-state index contributed by atoms with van der Waals surface area (Å²) in [5.41, 5.74) is 1.28. The second kappa shape index (κ2) is 4.03. The number of carboxylic acids is 1. The van der Waals surface area contributed by atoms with Gasteiger partial charge in [-0.15, -0.1) is 11.3 Å². The van der Waals surface area contributed by atoms with E-state index in [1.165, 1.54) is 16.9 Å². The molecule has 0 atom stereocenters. The van der Waals surface area contributed by atoms with E-state index >= 15 is 0 Å². The van der Waals surface area contributed by atoms with Gasteiger partial charge in [0, 0.05) is 4.70 Å². The fourth-order valence-corrected chi connectivity index (χ4v) is 2.59. The lowest BCUT2D eigenvalue weighted by Crippen LogP contribution is -1.89. The highest BCUT2D eigenvalue weighted by Gasteiger charge is 2.08. The molecule has 0 amide bonds. The van der Waals surface area contributed by atoms with Crippen LogP contribution in [0.1, 0.15) is 28.6 Å². The third-order valence-electron chi connectivity index (χ3n) is 2.33. The van der Waals surface area contributed by atoms with Crippen molar-refractivity contribution in [3.8, 4) is 0 Å². The van der Waals surface area contributed by atoms with Crippen LogP contribution in [0.3, 0.4) is 0 Å². The van der Waals surface area contributed by atoms with E-state index in [9.17, 15) is 4.79 Å². The van der Waals surface area contributed by atoms with E-state index < -0.39 is 5.97 Å². The van der Waals surface area contributed by atoms with E-state index in [0.717, 1.165) is 22.9 Å². The summed E-state index contributed by atoms with van der Waals surface area (Å²) in [6.45, 7) is 2.14. The average Bonchev–Trinajstić information content (AvgIpc) is 2.61. The van der Waals surface area contributed by atoms with Gasteiger partial charge < -0.3 is 5.11 Å². The molecule has 3 heteroatoms. The topological polar surface area (TPSA) is 37.3 Å². The van der Waals surface area contributed by atoms with Gasteiger partial charge in [-0.1, -0.05) is 25.5 Å². The summed E-state index contributed by atoms with van der Waals surface area (Å²) in [7, 11) is 0. The van der Waals surface area contributed by atoms with Crippen molar-refractivity contribution in [3.05, 3.63) is 34.7 Å². The maximum Gasteiger partial charge on any atom is 0.345 e. The number of aryl methyl sites for hydroxylation is 1. The Balaban J connectivity index is 2.47. The van der Waals surface area contributed by atoms with Crippen molar-refractivity contribution in [1.82, 2.24) is 0 Å². The van der Waals surface area contributed by atoms with E-state index in [-0.39, 0.29) is 0 Å². The zero-order chi connectivity index (χ0) is 10.8. The molecule has 0 spiro atoms. The molecule has 1 heterocycles. The quantitative estimate of drug-likeness (QED) is 0.858. The summed E-state index contributed by atoms with van der Waals surface area (Å²) in [6, 6.07) is 7.90. The van der Waals surface area contributed by atoms with Crippen LogP contribution in [0, 0.1) is 0 Å². The molecule has 0 saturated heterocycles. The van der Waals surface area contributed by atoms with E-state index in [1.54, 1.807) is 6.07 Å². The monoisotopic (exact) mass is 220 g/mol. The van der Waals surface area contributed by atoms with Crippen LogP contribution in [-0.4, -0.2) is 11.1 Å². The maximum atomic E-state index is 10.8. The number of fused-ring (bicyclic) bond motifs is 1. The summed E-state index contributed by atoms with van der Waals surface area (Å²) in [4.78, 5) is 11.2. The van der Waals surface area contributed by atoms with Crippen LogP contribution in [-0.2, 0) is 6.42 Å². The van der Waals surface area contributed by atoms with Crippen molar-refractivity contribution >= 4 is 27.4 Å². The molecule has 0 aliphatic rings. The minimum absolute atomic E-state index is 0.415. The van der Waals surface area contributed by atoms with Gasteiger partial charge in [0.1, 0.15) is 4.88 Å². The van der Waals surface area contributed by atoms with Gasteiger partial charge in [0.2, 0.25) is 0 Å². The molecule has 2 rings (SSSR count). The average molecular weight is 220 g/mol. The second-order valence-electron chi connectivity index (χ2n) is 3.54. The molecule has 0 unspecified atom stereocenters. The van der Waals surface area contributed by atoms with Gasteiger partial charge in [-0.25, -0.2) is 4.79 Å². The zero-order valence-electron chi connectivity index (χ0n) is 8.49. The van der Waals surface area contributed by atoms with Crippen molar-refractivity contribution in [2.24, 2.45) is 0 Å². The Kier molecular flexibility index (Phi) is 2.73. The number of benzene rings is 1. The van der Waals surface area contributed by atoms with E-state index in [1.807, 2.05) is 6.07 Å². The standard InChI is InChI=1S/C12H12O2S/c1-2-3-8-4-5-9-7-11(12(13)14)15-10(9)6-8/h4-7H,2-3H2,1H3,(H,13,14). The molecule has 0 aliphatic carbocycles. The first-order valence-corrected chi connectivity index (χ1v) is 5.78. The summed E-state index contributed by atoms with van der Waals surface area (Å²) in [5, 5.41) is 9.89. The molecule has 1 aromatic heterocycles. The van der Waals surface area contributed by atoms with Gasteiger partial charge in [0.25, 0.3) is 0 Å². The smallest absolute Gasteiger partial charge is 0.345 e. The van der Waals surface area contributed by atoms with E-state index in [4.69, 9.17) is 5.11 Å². The minimum Gasteiger partial charge on any atom is -0.477 e. The number of hydrogen-bond acceptors (Lipinski definition) is 2. The van der Waals surface area contributed by atoms with Crippen LogP contribution in [0.25, 0.3) is 10.1 Å². The van der Waals surface area contributed by atoms with Gasteiger partial charge in [-0.3, -0.25) is 0 Å². The number of thiophene rings is 1. The minimum atomic E-state index is -0.840. The van der Waals surface area contributed by atoms with Gasteiger partial charge in [-0.2, -0.15) is 0 Å². The second-order valence-corrected chi connectivity index (χ2v) is 4.62. The summed E-state index contributed by atoms with van der Waals surface area (Å²) in [6.07, 6.45) is 2.17. The lowest BCUT2D eigenvalue weighted by molar-refractivity contribution is 0.0702. The third-order valence-corrected chi connectivity index (χ3v) is 3.42. The van der Waals surface area contributed by atoms with Crippen molar-refractivity contribution in [2.75, 3.05) is 0 Å². The van der Waals surface area contributed by atoms with Crippen molar-refractivity contribution in [2.45, 2.75) is 19.8 Å². The molecular formula is C12H12O2S. The SMILES string of the molecule is CCCc1ccc2cc(C(=O)O)sc2c1. The van der Waals surface area contributed by atoms with E-state index in [2.05, 4.69) is 19.1 Å². The van der Waals surface area contributed by atoms with Crippen molar-refractivity contribution in [3.63, 3.8) is 0 Å². The van der Waals surface area contributed by atoms with Crippen LogP contribution in [0.2, 0.25) is 0 Å². The number of aromatic carboxylic acids is 1. The fraction of sp³-hybridized carbons (Fsp3) is 0.250. The molecule has 0 saturated carbocycles. The highest BCUT2D eigenvalue weighted by atomic mass is 32.1. The number of rotatable bonds is 3.